The molecule has 2 aliphatic heterocycles. The molecule has 16 heteroatoms. The van der Waals surface area contributed by atoms with Crippen molar-refractivity contribution in [1.29, 1.82) is 0 Å². The first-order valence-corrected chi connectivity index (χ1v) is 13.4. The lowest BCUT2D eigenvalue weighted by atomic mass is 9.71. The second kappa shape index (κ2) is 14.1. The lowest BCUT2D eigenvalue weighted by Gasteiger charge is -2.44. The molecule has 0 atom stereocenters. The molecule has 0 saturated carbocycles. The number of carboxylic acids is 2. The molecule has 44 heavy (non-hydrogen) atoms. The fourth-order valence-corrected chi connectivity index (χ4v) is 5.03. The molecule has 1 amide bonds. The summed E-state index contributed by atoms with van der Waals surface area (Å²) in [5.41, 5.74) is 9.50. The van der Waals surface area contributed by atoms with E-state index in [2.05, 4.69) is 39.6 Å². The monoisotopic (exact) mass is 631 g/mol. The molecule has 5 N–H and O–H groups in total. The normalized spacial score (nSPS) is 16.8. The van der Waals surface area contributed by atoms with E-state index in [-0.39, 0.29) is 0 Å². The highest BCUT2D eigenvalue weighted by Gasteiger charge is 2.39. The summed E-state index contributed by atoms with van der Waals surface area (Å²) in [6, 6.07) is 14.1. The van der Waals surface area contributed by atoms with Crippen molar-refractivity contribution in [2.24, 2.45) is 11.1 Å². The van der Waals surface area contributed by atoms with Crippen molar-refractivity contribution in [3.63, 3.8) is 0 Å². The van der Waals surface area contributed by atoms with Crippen LogP contribution in [0.1, 0.15) is 41.6 Å². The first-order valence-electron chi connectivity index (χ1n) is 13.4. The summed E-state index contributed by atoms with van der Waals surface area (Å²) in [6.45, 7) is 5.77. The number of nitrogens with two attached hydrogens (primary N) is 1. The molecule has 240 valence electrons. The van der Waals surface area contributed by atoms with Crippen LogP contribution in [0.2, 0.25) is 0 Å². The van der Waals surface area contributed by atoms with Gasteiger partial charge >= 0.3 is 24.3 Å². The number of nitrogens with zero attached hydrogens (tertiary/aromatic N) is 3. The zero-order valence-electron chi connectivity index (χ0n) is 23.3. The molecule has 0 unspecified atom stereocenters. The number of nitrogens with one attached hydrogen (secondary N) is 1. The molecule has 1 aromatic heterocycles. The van der Waals surface area contributed by atoms with E-state index in [0.29, 0.717) is 16.5 Å². The number of hydrogen-bond acceptors (Lipinski definition) is 6. The first kappa shape index (κ1) is 34.3. The van der Waals surface area contributed by atoms with Gasteiger partial charge in [-0.25, -0.2) is 14.3 Å². The number of rotatable bonds is 4. The van der Waals surface area contributed by atoms with E-state index < -0.39 is 30.2 Å². The van der Waals surface area contributed by atoms with Crippen molar-refractivity contribution < 1.29 is 50.9 Å². The number of amides is 1. The minimum absolute atomic E-state index is 0.450. The Bertz CT molecular complexity index is 1420. The third-order valence-corrected chi connectivity index (χ3v) is 7.47. The van der Waals surface area contributed by atoms with Gasteiger partial charge < -0.3 is 21.3 Å². The van der Waals surface area contributed by atoms with Crippen LogP contribution in [0.3, 0.4) is 0 Å². The summed E-state index contributed by atoms with van der Waals surface area (Å²) in [4.78, 5) is 32.0. The van der Waals surface area contributed by atoms with Crippen LogP contribution in [0.5, 0.6) is 0 Å². The van der Waals surface area contributed by atoms with Gasteiger partial charge in [-0.2, -0.15) is 31.4 Å². The largest absolute Gasteiger partial charge is 0.490 e. The van der Waals surface area contributed by atoms with Gasteiger partial charge in [-0.3, -0.25) is 9.69 Å². The zero-order chi connectivity index (χ0) is 32.7. The predicted octanol–water partition coefficient (Wildman–Crippen LogP) is 4.36. The van der Waals surface area contributed by atoms with E-state index in [9.17, 15) is 31.1 Å². The van der Waals surface area contributed by atoms with Crippen molar-refractivity contribution in [3.05, 3.63) is 59.8 Å². The number of aromatic nitrogens is 2. The molecule has 2 aromatic carbocycles. The first-order chi connectivity index (χ1) is 20.5. The summed E-state index contributed by atoms with van der Waals surface area (Å²) in [5.74, 6) is -5.96. The zero-order valence-corrected chi connectivity index (χ0v) is 23.3. The van der Waals surface area contributed by atoms with Crippen LogP contribution < -0.4 is 11.1 Å². The lowest BCUT2D eigenvalue weighted by molar-refractivity contribution is -0.193. The number of benzene rings is 2. The van der Waals surface area contributed by atoms with Gasteiger partial charge in [0.1, 0.15) is 5.52 Å². The van der Waals surface area contributed by atoms with Gasteiger partial charge in [0.05, 0.1) is 11.3 Å². The number of hydrogen-bond donors (Lipinski definition) is 4. The van der Waals surface area contributed by atoms with Crippen molar-refractivity contribution in [2.45, 2.75) is 44.6 Å². The van der Waals surface area contributed by atoms with Crippen LogP contribution in [-0.4, -0.2) is 81.3 Å². The predicted molar refractivity (Wildman–Crippen MR) is 146 cm³/mol. The van der Waals surface area contributed by atoms with Crippen LogP contribution in [0.15, 0.2) is 48.7 Å². The second-order valence-corrected chi connectivity index (χ2v) is 10.5. The van der Waals surface area contributed by atoms with Gasteiger partial charge in [-0.05, 0) is 81.0 Å². The van der Waals surface area contributed by atoms with E-state index in [1.165, 1.54) is 57.4 Å². The topological polar surface area (TPSA) is 151 Å². The third-order valence-electron chi connectivity index (χ3n) is 7.47. The van der Waals surface area contributed by atoms with Crippen LogP contribution in [-0.2, 0) is 16.1 Å². The number of carbonyl (C=O) groups excluding carboxylic acids is 1. The molecule has 1 spiro atoms. The molecule has 3 heterocycles. The minimum Gasteiger partial charge on any atom is -0.475 e. The fourth-order valence-electron chi connectivity index (χ4n) is 5.03. The average Bonchev–Trinajstić information content (AvgIpc) is 3.39. The molecule has 2 aliphatic rings. The van der Waals surface area contributed by atoms with Gasteiger partial charge in [0.25, 0.3) is 5.91 Å². The molecule has 10 nitrogen and oxygen atoms in total. The highest BCUT2D eigenvalue weighted by atomic mass is 19.4. The quantitative estimate of drug-likeness (QED) is 0.311. The van der Waals surface area contributed by atoms with E-state index >= 15 is 0 Å². The highest BCUT2D eigenvalue weighted by molar-refractivity contribution is 6.04. The Hall–Kier alpha value is -4.18. The van der Waals surface area contributed by atoms with Gasteiger partial charge in [0.2, 0.25) is 0 Å². The Morgan fingerprint density at radius 3 is 1.86 bits per heavy atom. The number of fused-ring (bicyclic) bond motifs is 1. The number of likely N-dealkylation sites (tertiary alicyclic amines) is 1. The Morgan fingerprint density at radius 1 is 0.864 bits per heavy atom. The Labute approximate surface area is 247 Å². The minimum atomic E-state index is -5.08. The van der Waals surface area contributed by atoms with Crippen LogP contribution in [0.25, 0.3) is 16.6 Å². The Balaban J connectivity index is 0.000000317. The summed E-state index contributed by atoms with van der Waals surface area (Å²) in [6.07, 6.45) is -2.89. The molecular weight excluding hydrogens is 600 g/mol. The number of primary amides is 1. The number of piperidine rings is 2. The summed E-state index contributed by atoms with van der Waals surface area (Å²) < 4.78 is 65.3. The molecule has 3 aromatic rings. The maximum absolute atomic E-state index is 11.7. The molecule has 2 saturated heterocycles. The highest BCUT2D eigenvalue weighted by Crippen LogP contribution is 2.39. The molecule has 0 radical (unpaired) electrons. The number of alkyl halides is 6. The van der Waals surface area contributed by atoms with Crippen molar-refractivity contribution in [3.8, 4) is 5.69 Å². The maximum atomic E-state index is 11.7. The molecular formula is C28H31F6N5O5. The number of carbonyl (C=O) groups is 3. The summed E-state index contributed by atoms with van der Waals surface area (Å²) in [5, 5.41) is 23.3. The molecule has 0 bridgehead atoms. The van der Waals surface area contributed by atoms with Gasteiger partial charge in [-0.1, -0.05) is 24.3 Å². The number of halogens is 6. The van der Waals surface area contributed by atoms with E-state index in [4.69, 9.17) is 25.5 Å². The van der Waals surface area contributed by atoms with E-state index in [1.54, 1.807) is 6.07 Å². The average molecular weight is 632 g/mol. The smallest absolute Gasteiger partial charge is 0.475 e. The van der Waals surface area contributed by atoms with E-state index in [1.807, 2.05) is 23.0 Å². The maximum Gasteiger partial charge on any atom is 0.490 e. The fraction of sp³-hybridized carbons (Fsp3) is 0.429. The van der Waals surface area contributed by atoms with Crippen LogP contribution in [0, 0.1) is 5.41 Å². The van der Waals surface area contributed by atoms with Crippen LogP contribution >= 0.6 is 0 Å². The van der Waals surface area contributed by atoms with Gasteiger partial charge in [0.15, 0.2) is 0 Å². The van der Waals surface area contributed by atoms with Gasteiger partial charge in [0, 0.05) is 18.1 Å². The van der Waals surface area contributed by atoms with Crippen molar-refractivity contribution in [1.82, 2.24) is 20.0 Å². The number of aliphatic carboxylic acids is 2. The Morgan fingerprint density at radius 2 is 1.39 bits per heavy atom. The lowest BCUT2D eigenvalue weighted by Crippen LogP contribution is -2.45. The van der Waals surface area contributed by atoms with E-state index in [0.717, 1.165) is 17.6 Å². The number of carboxylic acid groups (broad SMARTS) is 2. The second-order valence-electron chi connectivity index (χ2n) is 10.5. The molecule has 5 rings (SSSR count). The summed E-state index contributed by atoms with van der Waals surface area (Å²) >= 11 is 0. The third kappa shape index (κ3) is 9.41. The van der Waals surface area contributed by atoms with Crippen molar-refractivity contribution >= 4 is 28.7 Å². The summed E-state index contributed by atoms with van der Waals surface area (Å²) in [7, 11) is 0. The van der Waals surface area contributed by atoms with Crippen molar-refractivity contribution in [2.75, 3.05) is 26.2 Å². The standard InChI is InChI=1S/C24H29N5O.2C2HF3O2/c25-23(30)21-3-1-2-19-17-29(27-22(19)21)20-6-4-18(5-7-20)16-28-14-10-24(11-15-28)8-12-26-13-9-24;2*3-2(4,5)1(6)7/h1-7,17,26H,8-16H2,(H2,25,30);2*(H,6,7). The van der Waals surface area contributed by atoms with Crippen LogP contribution in [0.4, 0.5) is 26.3 Å². The Kier molecular flexibility index (Phi) is 11.0. The SMILES string of the molecule is NC(=O)c1cccc2cn(-c3ccc(CN4CCC5(CCNCC5)CC4)cc3)nc12.O=C(O)C(F)(F)F.O=C(O)C(F)(F)F. The molecule has 2 fully saturated rings. The van der Waals surface area contributed by atoms with Gasteiger partial charge in [-0.15, -0.1) is 0 Å². The molecule has 0 aliphatic carbocycles.